The van der Waals surface area contributed by atoms with Gasteiger partial charge in [-0.2, -0.15) is 0 Å². The molecule has 0 saturated heterocycles. The van der Waals surface area contributed by atoms with Crippen LogP contribution in [0.1, 0.15) is 33.1 Å². The van der Waals surface area contributed by atoms with Crippen LogP contribution in [0.4, 0.5) is 10.1 Å². The smallest absolute Gasteiger partial charge is 0.234 e. The number of anilines is 1. The molecule has 0 aliphatic heterocycles. The molecule has 2 N–H and O–H groups in total. The van der Waals surface area contributed by atoms with Crippen LogP contribution in [0.15, 0.2) is 24.3 Å². The number of amides is 1. The molecule has 1 fully saturated rings. The van der Waals surface area contributed by atoms with Gasteiger partial charge in [-0.15, -0.1) is 0 Å². The number of rotatable bonds is 3. The second-order valence-electron chi connectivity index (χ2n) is 5.42. The lowest BCUT2D eigenvalue weighted by molar-refractivity contribution is -0.127. The first-order valence-electron chi connectivity index (χ1n) is 6.82. The van der Waals surface area contributed by atoms with E-state index in [1.165, 1.54) is 11.0 Å². The van der Waals surface area contributed by atoms with Crippen LogP contribution < -0.4 is 10.6 Å². The van der Waals surface area contributed by atoms with Gasteiger partial charge >= 0.3 is 0 Å². The Hall–Kier alpha value is -1.42. The first-order valence-corrected chi connectivity index (χ1v) is 6.82. The molecule has 2 atom stereocenters. The second-order valence-corrected chi connectivity index (χ2v) is 5.42. The molecule has 0 bridgehead atoms. The zero-order chi connectivity index (χ0) is 14.0. The normalized spacial score (nSPS) is 26.4. The van der Waals surface area contributed by atoms with Crippen LogP contribution in [-0.2, 0) is 4.79 Å². The number of hydrogen-bond donors (Lipinski definition) is 1. The molecule has 2 unspecified atom stereocenters. The summed E-state index contributed by atoms with van der Waals surface area (Å²) in [4.78, 5) is 14.3. The number of hydrogen-bond acceptors (Lipinski definition) is 2. The Morgan fingerprint density at radius 2 is 2.21 bits per heavy atom. The van der Waals surface area contributed by atoms with E-state index in [9.17, 15) is 9.18 Å². The van der Waals surface area contributed by atoms with Gasteiger partial charge in [0, 0.05) is 12.6 Å². The monoisotopic (exact) mass is 264 g/mol. The van der Waals surface area contributed by atoms with Crippen molar-refractivity contribution in [3.8, 4) is 0 Å². The van der Waals surface area contributed by atoms with Gasteiger partial charge < -0.3 is 10.6 Å². The lowest BCUT2D eigenvalue weighted by Crippen LogP contribution is -2.49. The summed E-state index contributed by atoms with van der Waals surface area (Å²) < 4.78 is 13.9. The van der Waals surface area contributed by atoms with E-state index in [4.69, 9.17) is 5.73 Å². The topological polar surface area (TPSA) is 46.3 Å². The van der Waals surface area contributed by atoms with Gasteiger partial charge in [0.15, 0.2) is 0 Å². The van der Waals surface area contributed by atoms with Gasteiger partial charge in [0.25, 0.3) is 0 Å². The molecular weight excluding hydrogens is 243 g/mol. The maximum absolute atomic E-state index is 13.9. The molecule has 4 heteroatoms. The average molecular weight is 264 g/mol. The van der Waals surface area contributed by atoms with Gasteiger partial charge in [-0.25, -0.2) is 4.39 Å². The highest BCUT2D eigenvalue weighted by Crippen LogP contribution is 2.39. The Labute approximate surface area is 113 Å². The third-order valence-electron chi connectivity index (χ3n) is 4.22. The number of halogens is 1. The van der Waals surface area contributed by atoms with Crippen LogP contribution >= 0.6 is 0 Å². The quantitative estimate of drug-likeness (QED) is 0.912. The molecule has 0 spiro atoms. The lowest BCUT2D eigenvalue weighted by Gasteiger charge is -2.34. The van der Waals surface area contributed by atoms with E-state index in [1.54, 1.807) is 18.2 Å². The van der Waals surface area contributed by atoms with Crippen LogP contribution in [-0.4, -0.2) is 18.5 Å². The Bertz CT molecular complexity index is 477. The van der Waals surface area contributed by atoms with E-state index in [-0.39, 0.29) is 17.8 Å². The zero-order valence-electron chi connectivity index (χ0n) is 11.5. The Kier molecular flexibility index (Phi) is 3.90. The summed E-state index contributed by atoms with van der Waals surface area (Å²) in [6, 6.07) is 6.24. The molecule has 1 aromatic rings. The van der Waals surface area contributed by atoms with Crippen molar-refractivity contribution in [1.29, 1.82) is 0 Å². The van der Waals surface area contributed by atoms with Crippen molar-refractivity contribution in [1.82, 2.24) is 0 Å². The van der Waals surface area contributed by atoms with E-state index < -0.39 is 5.41 Å². The van der Waals surface area contributed by atoms with Crippen LogP contribution in [0.3, 0.4) is 0 Å². The van der Waals surface area contributed by atoms with E-state index in [0.29, 0.717) is 12.2 Å². The van der Waals surface area contributed by atoms with Gasteiger partial charge in [0.2, 0.25) is 5.91 Å². The van der Waals surface area contributed by atoms with Crippen LogP contribution in [0.25, 0.3) is 0 Å². The summed E-state index contributed by atoms with van der Waals surface area (Å²) in [7, 11) is 0. The third kappa shape index (κ3) is 2.37. The molecular formula is C15H21FN2O. The number of carbonyl (C=O) groups is 1. The van der Waals surface area contributed by atoms with Gasteiger partial charge in [0.05, 0.1) is 11.1 Å². The number of nitrogens with zero attached hydrogens (tertiary/aromatic N) is 1. The van der Waals surface area contributed by atoms with Gasteiger partial charge in [-0.05, 0) is 38.8 Å². The minimum absolute atomic E-state index is 0.0647. The highest BCUT2D eigenvalue weighted by molar-refractivity contribution is 5.98. The van der Waals surface area contributed by atoms with Crippen molar-refractivity contribution in [3.05, 3.63) is 30.1 Å². The molecule has 0 radical (unpaired) electrons. The second kappa shape index (κ2) is 5.29. The summed E-state index contributed by atoms with van der Waals surface area (Å²) in [5.74, 6) is -0.432. The molecule has 0 aromatic heterocycles. The average Bonchev–Trinajstić information content (AvgIpc) is 2.74. The van der Waals surface area contributed by atoms with Crippen molar-refractivity contribution in [2.45, 2.75) is 39.2 Å². The molecule has 104 valence electrons. The fourth-order valence-electron chi connectivity index (χ4n) is 2.86. The van der Waals surface area contributed by atoms with E-state index >= 15 is 0 Å². The summed E-state index contributed by atoms with van der Waals surface area (Å²) in [6.07, 6.45) is 2.59. The van der Waals surface area contributed by atoms with Gasteiger partial charge in [-0.3, -0.25) is 4.79 Å². The number of nitrogens with two attached hydrogens (primary N) is 1. The summed E-state index contributed by atoms with van der Waals surface area (Å²) >= 11 is 0. The highest BCUT2D eigenvalue weighted by atomic mass is 19.1. The first kappa shape index (κ1) is 14.0. The van der Waals surface area contributed by atoms with Crippen molar-refractivity contribution < 1.29 is 9.18 Å². The summed E-state index contributed by atoms with van der Waals surface area (Å²) in [5.41, 5.74) is 5.85. The van der Waals surface area contributed by atoms with Crippen molar-refractivity contribution in [3.63, 3.8) is 0 Å². The molecule has 19 heavy (non-hydrogen) atoms. The molecule has 3 nitrogen and oxygen atoms in total. The predicted octanol–water partition coefficient (Wildman–Crippen LogP) is 2.70. The molecule has 0 heterocycles. The molecule has 1 aliphatic carbocycles. The third-order valence-corrected chi connectivity index (χ3v) is 4.22. The fourth-order valence-corrected chi connectivity index (χ4v) is 2.86. The van der Waals surface area contributed by atoms with Crippen molar-refractivity contribution in [2.24, 2.45) is 11.1 Å². The van der Waals surface area contributed by atoms with Crippen LogP contribution in [0.2, 0.25) is 0 Å². The Balaban J connectivity index is 2.33. The number of carbonyl (C=O) groups excluding carboxylic acids is 1. The summed E-state index contributed by atoms with van der Waals surface area (Å²) in [5, 5.41) is 0. The first-order chi connectivity index (χ1) is 9.00. The number of para-hydroxylation sites is 1. The Morgan fingerprint density at radius 3 is 2.74 bits per heavy atom. The maximum atomic E-state index is 13.9. The van der Waals surface area contributed by atoms with Crippen molar-refractivity contribution >= 4 is 11.6 Å². The zero-order valence-corrected chi connectivity index (χ0v) is 11.5. The molecule has 2 rings (SSSR count). The van der Waals surface area contributed by atoms with Crippen LogP contribution in [0, 0.1) is 11.2 Å². The predicted molar refractivity (Wildman–Crippen MR) is 74.4 cm³/mol. The largest absolute Gasteiger partial charge is 0.327 e. The van der Waals surface area contributed by atoms with Gasteiger partial charge in [-0.1, -0.05) is 18.6 Å². The van der Waals surface area contributed by atoms with E-state index in [1.807, 2.05) is 13.8 Å². The maximum Gasteiger partial charge on any atom is 0.234 e. The SMILES string of the molecule is CCN(C(=O)C1(C)CCCC1N)c1ccccc1F. The van der Waals surface area contributed by atoms with E-state index in [2.05, 4.69) is 0 Å². The van der Waals surface area contributed by atoms with Crippen LogP contribution in [0.5, 0.6) is 0 Å². The number of benzene rings is 1. The highest BCUT2D eigenvalue weighted by Gasteiger charge is 2.45. The molecule has 1 aromatic carbocycles. The minimum atomic E-state index is -0.571. The standard InChI is InChI=1S/C15H21FN2O/c1-3-18(12-8-5-4-7-11(12)16)14(19)15(2)10-6-9-13(15)17/h4-5,7-8,13H,3,6,9-10,17H2,1-2H3. The molecule has 1 aliphatic rings. The molecule has 1 amide bonds. The lowest BCUT2D eigenvalue weighted by atomic mass is 9.83. The fraction of sp³-hybridized carbons (Fsp3) is 0.533. The summed E-state index contributed by atoms with van der Waals surface area (Å²) in [6.45, 7) is 4.20. The minimum Gasteiger partial charge on any atom is -0.327 e. The van der Waals surface area contributed by atoms with Gasteiger partial charge in [0.1, 0.15) is 5.82 Å². The van der Waals surface area contributed by atoms with E-state index in [0.717, 1.165) is 19.3 Å². The Morgan fingerprint density at radius 1 is 1.53 bits per heavy atom. The van der Waals surface area contributed by atoms with Crippen molar-refractivity contribution in [2.75, 3.05) is 11.4 Å². The molecule has 1 saturated carbocycles.